The minimum absolute atomic E-state index is 0.0445. The lowest BCUT2D eigenvalue weighted by atomic mass is 10.1. The Bertz CT molecular complexity index is 898. The first-order chi connectivity index (χ1) is 13.8. The van der Waals surface area contributed by atoms with Crippen LogP contribution in [0, 0.1) is 0 Å². The highest BCUT2D eigenvalue weighted by Crippen LogP contribution is 2.38. The van der Waals surface area contributed by atoms with Gasteiger partial charge in [0.2, 0.25) is 0 Å². The summed E-state index contributed by atoms with van der Waals surface area (Å²) in [5, 5.41) is 2.47. The number of hydrogen-bond acceptors (Lipinski definition) is 4. The van der Waals surface area contributed by atoms with Crippen molar-refractivity contribution in [2.45, 2.75) is 12.4 Å². The van der Waals surface area contributed by atoms with Crippen LogP contribution >= 0.6 is 11.6 Å². The van der Waals surface area contributed by atoms with Crippen molar-refractivity contribution >= 4 is 23.2 Å². The Morgan fingerprint density at radius 2 is 1.43 bits per heavy atom. The molecule has 0 saturated heterocycles. The number of carbonyl (C=O) groups excluding carboxylic acids is 1. The van der Waals surface area contributed by atoms with E-state index in [1.165, 1.54) is 26.4 Å². The van der Waals surface area contributed by atoms with Crippen LogP contribution in [-0.4, -0.2) is 26.7 Å². The van der Waals surface area contributed by atoms with Crippen molar-refractivity contribution < 1.29 is 45.3 Å². The quantitative estimate of drug-likeness (QED) is 0.589. The monoisotopic (exact) mass is 457 g/mol. The Morgan fingerprint density at radius 1 is 0.900 bits per heavy atom. The summed E-state index contributed by atoms with van der Waals surface area (Å²) in [4.78, 5) is 12.1. The second-order valence-electron chi connectivity index (χ2n) is 5.77. The number of nitrogens with one attached hydrogen (secondary N) is 1. The van der Waals surface area contributed by atoms with Gasteiger partial charge in [0.05, 0.1) is 36.1 Å². The Labute approximate surface area is 171 Å². The molecule has 1 N–H and O–H groups in total. The predicted molar refractivity (Wildman–Crippen MR) is 95.1 cm³/mol. The Kier molecular flexibility index (Phi) is 6.96. The van der Waals surface area contributed by atoms with E-state index < -0.39 is 41.7 Å². The van der Waals surface area contributed by atoms with Crippen LogP contribution in [-0.2, 0) is 17.1 Å². The first kappa shape index (κ1) is 23.5. The molecule has 0 unspecified atom stereocenters. The lowest BCUT2D eigenvalue weighted by Crippen LogP contribution is -2.21. The zero-order chi connectivity index (χ0) is 22.7. The summed E-state index contributed by atoms with van der Waals surface area (Å²) in [6.45, 7) is -0.870. The molecule has 0 aromatic heterocycles. The minimum Gasteiger partial charge on any atom is -0.495 e. The molecule has 2 aromatic carbocycles. The maximum atomic E-state index is 12.9. The van der Waals surface area contributed by atoms with E-state index in [4.69, 9.17) is 25.8 Å². The third kappa shape index (κ3) is 5.85. The number of anilines is 1. The van der Waals surface area contributed by atoms with Gasteiger partial charge in [0.25, 0.3) is 5.91 Å². The highest BCUT2D eigenvalue weighted by atomic mass is 35.5. The van der Waals surface area contributed by atoms with Gasteiger partial charge < -0.3 is 19.5 Å². The lowest BCUT2D eigenvalue weighted by Gasteiger charge is -2.15. The van der Waals surface area contributed by atoms with Crippen molar-refractivity contribution in [3.63, 3.8) is 0 Å². The molecule has 0 aliphatic rings. The Morgan fingerprint density at radius 3 is 1.90 bits per heavy atom. The molecule has 0 saturated carbocycles. The molecule has 0 spiro atoms. The zero-order valence-corrected chi connectivity index (χ0v) is 16.1. The van der Waals surface area contributed by atoms with E-state index in [-0.39, 0.29) is 28.3 Å². The summed E-state index contributed by atoms with van der Waals surface area (Å²) in [5.41, 5.74) is -3.02. The predicted octanol–water partition coefficient (Wildman–Crippen LogP) is 5.41. The average molecular weight is 458 g/mol. The third-order valence-corrected chi connectivity index (χ3v) is 3.97. The van der Waals surface area contributed by atoms with E-state index in [2.05, 4.69) is 5.32 Å². The first-order valence-corrected chi connectivity index (χ1v) is 8.36. The highest BCUT2D eigenvalue weighted by Gasteiger charge is 2.37. The minimum atomic E-state index is -5.03. The summed E-state index contributed by atoms with van der Waals surface area (Å²) in [6.07, 6.45) is -10.1. The summed E-state index contributed by atoms with van der Waals surface area (Å²) in [5.74, 6) is -1.23. The van der Waals surface area contributed by atoms with Crippen LogP contribution in [0.5, 0.6) is 17.2 Å². The number of carbonyl (C=O) groups is 1. The number of benzene rings is 2. The summed E-state index contributed by atoms with van der Waals surface area (Å²) in [7, 11) is 2.66. The molecule has 0 heterocycles. The lowest BCUT2D eigenvalue weighted by molar-refractivity contribution is -0.143. The molecular formula is C18H14ClF6NO4. The van der Waals surface area contributed by atoms with Gasteiger partial charge in [-0.05, 0) is 24.3 Å². The fourth-order valence-corrected chi connectivity index (χ4v) is 2.54. The molecule has 0 atom stereocenters. The molecule has 30 heavy (non-hydrogen) atoms. The van der Waals surface area contributed by atoms with E-state index in [9.17, 15) is 31.1 Å². The SMILES string of the molecule is COc1cc(OC)c(NC(=O)COc2cc(C(F)(F)F)cc(C(F)(F)F)c2)cc1Cl. The van der Waals surface area contributed by atoms with Crippen LogP contribution in [0.3, 0.4) is 0 Å². The van der Waals surface area contributed by atoms with E-state index in [0.29, 0.717) is 12.1 Å². The molecule has 5 nitrogen and oxygen atoms in total. The number of methoxy groups -OCH3 is 2. The molecule has 0 aliphatic heterocycles. The van der Waals surface area contributed by atoms with Crippen LogP contribution in [0.2, 0.25) is 5.02 Å². The molecule has 0 aliphatic carbocycles. The largest absolute Gasteiger partial charge is 0.495 e. The molecular weight excluding hydrogens is 444 g/mol. The van der Waals surface area contributed by atoms with Crippen LogP contribution in [0.15, 0.2) is 30.3 Å². The summed E-state index contributed by atoms with van der Waals surface area (Å²) in [6, 6.07) is 3.36. The highest BCUT2D eigenvalue weighted by molar-refractivity contribution is 6.32. The van der Waals surface area contributed by atoms with Gasteiger partial charge in [0.1, 0.15) is 17.2 Å². The van der Waals surface area contributed by atoms with E-state index in [1.807, 2.05) is 0 Å². The maximum Gasteiger partial charge on any atom is 0.416 e. The first-order valence-electron chi connectivity index (χ1n) is 7.98. The molecule has 2 rings (SSSR count). The van der Waals surface area contributed by atoms with Gasteiger partial charge in [-0.1, -0.05) is 11.6 Å². The Hall–Kier alpha value is -2.82. The van der Waals surface area contributed by atoms with E-state index in [1.54, 1.807) is 0 Å². The topological polar surface area (TPSA) is 56.8 Å². The van der Waals surface area contributed by atoms with Crippen LogP contribution < -0.4 is 19.5 Å². The van der Waals surface area contributed by atoms with Crippen LogP contribution in [0.25, 0.3) is 0 Å². The van der Waals surface area contributed by atoms with Crippen molar-refractivity contribution in [3.8, 4) is 17.2 Å². The molecule has 0 bridgehead atoms. The fourth-order valence-electron chi connectivity index (χ4n) is 2.30. The Balaban J connectivity index is 2.19. The number of amides is 1. The normalized spacial score (nSPS) is 11.8. The van der Waals surface area contributed by atoms with Crippen molar-refractivity contribution in [1.29, 1.82) is 0 Å². The standard InChI is InChI=1S/C18H14ClF6NO4/c1-28-14-7-15(29-2)13(6-12(14)19)26-16(27)8-30-11-4-9(17(20,21)22)3-10(5-11)18(23,24)25/h3-7H,8H2,1-2H3,(H,26,27). The van der Waals surface area contributed by atoms with E-state index in [0.717, 1.165) is 0 Å². The van der Waals surface area contributed by atoms with Gasteiger partial charge in [0, 0.05) is 6.07 Å². The van der Waals surface area contributed by atoms with Gasteiger partial charge in [0.15, 0.2) is 6.61 Å². The van der Waals surface area contributed by atoms with Gasteiger partial charge in [-0.15, -0.1) is 0 Å². The average Bonchev–Trinajstić information content (AvgIpc) is 2.65. The molecule has 164 valence electrons. The molecule has 1 amide bonds. The maximum absolute atomic E-state index is 12.9. The summed E-state index contributed by atoms with van der Waals surface area (Å²) >= 11 is 5.96. The van der Waals surface area contributed by atoms with Crippen molar-refractivity contribution in [2.75, 3.05) is 26.1 Å². The smallest absolute Gasteiger partial charge is 0.416 e. The van der Waals surface area contributed by atoms with Crippen LogP contribution in [0.4, 0.5) is 32.0 Å². The van der Waals surface area contributed by atoms with Crippen molar-refractivity contribution in [1.82, 2.24) is 0 Å². The molecule has 0 radical (unpaired) electrons. The van der Waals surface area contributed by atoms with Gasteiger partial charge in [-0.3, -0.25) is 4.79 Å². The van der Waals surface area contributed by atoms with Crippen molar-refractivity contribution in [2.24, 2.45) is 0 Å². The summed E-state index contributed by atoms with van der Waals surface area (Å²) < 4.78 is 92.1. The van der Waals surface area contributed by atoms with Gasteiger partial charge >= 0.3 is 12.4 Å². The second kappa shape index (κ2) is 8.90. The number of rotatable bonds is 6. The third-order valence-electron chi connectivity index (χ3n) is 3.68. The fraction of sp³-hybridized carbons (Fsp3) is 0.278. The number of alkyl halides is 6. The van der Waals surface area contributed by atoms with Crippen LogP contribution in [0.1, 0.15) is 11.1 Å². The van der Waals surface area contributed by atoms with Gasteiger partial charge in [-0.25, -0.2) is 0 Å². The number of hydrogen-bond donors (Lipinski definition) is 1. The van der Waals surface area contributed by atoms with Gasteiger partial charge in [-0.2, -0.15) is 26.3 Å². The molecule has 2 aromatic rings. The number of ether oxygens (including phenoxy) is 3. The van der Waals surface area contributed by atoms with E-state index >= 15 is 0 Å². The molecule has 0 fully saturated rings. The zero-order valence-electron chi connectivity index (χ0n) is 15.4. The molecule has 12 heteroatoms. The second-order valence-corrected chi connectivity index (χ2v) is 6.17. The van der Waals surface area contributed by atoms with Crippen molar-refractivity contribution in [3.05, 3.63) is 46.5 Å². The number of halogens is 7.